The first-order chi connectivity index (χ1) is 9.93. The van der Waals surface area contributed by atoms with Crippen molar-refractivity contribution in [2.24, 2.45) is 0 Å². The van der Waals surface area contributed by atoms with Crippen molar-refractivity contribution in [1.82, 2.24) is 10.2 Å². The number of carbonyl (C=O) groups excluding carboxylic acids is 2. The lowest BCUT2D eigenvalue weighted by Crippen LogP contribution is -2.57. The van der Waals surface area contributed by atoms with Crippen LogP contribution in [0.4, 0.5) is 10.1 Å². The Morgan fingerprint density at radius 1 is 1.48 bits per heavy atom. The van der Waals surface area contributed by atoms with Crippen LogP contribution in [-0.4, -0.2) is 34.2 Å². The highest BCUT2D eigenvalue weighted by Crippen LogP contribution is 2.23. The summed E-state index contributed by atoms with van der Waals surface area (Å²) in [6.07, 6.45) is 0.454. The second kappa shape index (κ2) is 5.96. The van der Waals surface area contributed by atoms with Crippen molar-refractivity contribution in [3.8, 4) is 0 Å². The minimum Gasteiger partial charge on any atom is -0.294 e. The number of imide groups is 1. The molecule has 21 heavy (non-hydrogen) atoms. The highest BCUT2D eigenvalue weighted by Gasteiger charge is 2.33. The van der Waals surface area contributed by atoms with Crippen LogP contribution in [0.5, 0.6) is 0 Å². The monoisotopic (exact) mass is 295 g/mol. The number of nitrogens with one attached hydrogen (secondary N) is 1. The van der Waals surface area contributed by atoms with E-state index in [1.807, 2.05) is 0 Å². The smallest absolute Gasteiger partial charge is 0.294 e. The lowest BCUT2D eigenvalue weighted by Gasteiger charge is -2.33. The topological polar surface area (TPSA) is 92.6 Å². The summed E-state index contributed by atoms with van der Waals surface area (Å²) in [5.74, 6) is -1.83. The number of piperazine rings is 1. The lowest BCUT2D eigenvalue weighted by atomic mass is 10.1. The second-order valence-corrected chi connectivity index (χ2v) is 4.75. The molecule has 112 valence electrons. The number of carbonyl (C=O) groups is 2. The first-order valence-electron chi connectivity index (χ1n) is 6.43. The molecular weight excluding hydrogens is 281 g/mol. The number of hydrogen-bond donors (Lipinski definition) is 1. The second-order valence-electron chi connectivity index (χ2n) is 4.75. The molecule has 0 radical (unpaired) electrons. The van der Waals surface area contributed by atoms with E-state index < -0.39 is 34.3 Å². The predicted molar refractivity (Wildman–Crippen MR) is 70.7 cm³/mol. The maximum absolute atomic E-state index is 14.0. The molecule has 1 heterocycles. The van der Waals surface area contributed by atoms with E-state index in [4.69, 9.17) is 0 Å². The van der Waals surface area contributed by atoms with E-state index in [2.05, 4.69) is 5.32 Å². The number of hydrogen-bond acceptors (Lipinski definition) is 5. The molecule has 1 fully saturated rings. The Kier molecular flexibility index (Phi) is 4.27. The summed E-state index contributed by atoms with van der Waals surface area (Å²) in [7, 11) is 0. The Hall–Kier alpha value is -2.35. The largest absolute Gasteiger partial charge is 0.305 e. The highest BCUT2D eigenvalue weighted by molar-refractivity contribution is 6.01. The maximum atomic E-state index is 14.0. The first kappa shape index (κ1) is 15.0. The third kappa shape index (κ3) is 3.05. The Balaban J connectivity index is 2.28. The molecule has 0 aliphatic carbocycles. The van der Waals surface area contributed by atoms with Crippen molar-refractivity contribution in [3.63, 3.8) is 0 Å². The molecular formula is C13H14FN3O4. The summed E-state index contributed by atoms with van der Waals surface area (Å²) in [4.78, 5) is 34.6. The van der Waals surface area contributed by atoms with Gasteiger partial charge < -0.3 is 0 Å². The van der Waals surface area contributed by atoms with Crippen molar-refractivity contribution < 1.29 is 18.9 Å². The number of nitrogens with zero attached hydrogens (tertiary/aromatic N) is 2. The molecule has 0 saturated carbocycles. The zero-order valence-electron chi connectivity index (χ0n) is 11.3. The van der Waals surface area contributed by atoms with Crippen LogP contribution >= 0.6 is 0 Å². The first-order valence-corrected chi connectivity index (χ1v) is 6.43. The quantitative estimate of drug-likeness (QED) is 0.507. The van der Waals surface area contributed by atoms with Gasteiger partial charge in [-0.05, 0) is 6.42 Å². The molecule has 1 aliphatic heterocycles. The van der Waals surface area contributed by atoms with Crippen LogP contribution in [0.25, 0.3) is 0 Å². The number of nitro benzene ring substituents is 1. The van der Waals surface area contributed by atoms with Crippen LogP contribution in [0.1, 0.15) is 18.9 Å². The Morgan fingerprint density at radius 3 is 2.81 bits per heavy atom. The van der Waals surface area contributed by atoms with Crippen molar-refractivity contribution in [2.75, 3.05) is 6.54 Å². The number of amides is 2. The fourth-order valence-corrected chi connectivity index (χ4v) is 2.38. The van der Waals surface area contributed by atoms with Crippen LogP contribution in [0, 0.1) is 15.9 Å². The molecule has 1 aromatic carbocycles. The van der Waals surface area contributed by atoms with Gasteiger partial charge in [-0.15, -0.1) is 0 Å². The van der Waals surface area contributed by atoms with E-state index in [-0.39, 0.29) is 18.7 Å². The molecule has 0 aromatic heterocycles. The number of halogens is 1. The summed E-state index contributed by atoms with van der Waals surface area (Å²) < 4.78 is 14.0. The average Bonchev–Trinajstić information content (AvgIpc) is 2.40. The standard InChI is InChI=1S/C13H14FN3O4/c1-2-9-13(19)15-11(18)7-16(9)6-8-4-3-5-10(12(8)14)17(20)21/h3-5,9H,2,6-7H2,1H3,(H,15,18,19). The van der Waals surface area contributed by atoms with E-state index in [0.29, 0.717) is 6.42 Å². The fourth-order valence-electron chi connectivity index (χ4n) is 2.38. The molecule has 1 atom stereocenters. The number of nitro groups is 1. The van der Waals surface area contributed by atoms with Gasteiger partial charge in [-0.2, -0.15) is 4.39 Å². The molecule has 1 aliphatic rings. The van der Waals surface area contributed by atoms with Gasteiger partial charge in [-0.1, -0.05) is 19.1 Å². The van der Waals surface area contributed by atoms with E-state index in [1.165, 1.54) is 17.0 Å². The third-order valence-corrected chi connectivity index (χ3v) is 3.37. The van der Waals surface area contributed by atoms with Crippen molar-refractivity contribution in [2.45, 2.75) is 25.9 Å². The SMILES string of the molecule is CCC1C(=O)NC(=O)CN1Cc1cccc([N+](=O)[O-])c1F. The van der Waals surface area contributed by atoms with Crippen LogP contribution < -0.4 is 5.32 Å². The Labute approximate surface area is 119 Å². The van der Waals surface area contributed by atoms with Crippen LogP contribution in [0.15, 0.2) is 18.2 Å². The minimum absolute atomic E-state index is 0.0365. The predicted octanol–water partition coefficient (Wildman–Crippen LogP) is 0.971. The van der Waals surface area contributed by atoms with Crippen molar-refractivity contribution in [1.29, 1.82) is 0 Å². The van der Waals surface area contributed by atoms with E-state index in [1.54, 1.807) is 6.92 Å². The third-order valence-electron chi connectivity index (χ3n) is 3.37. The molecule has 1 aromatic rings. The molecule has 8 heteroatoms. The summed E-state index contributed by atoms with van der Waals surface area (Å²) in [6.45, 7) is 1.69. The zero-order chi connectivity index (χ0) is 15.6. The normalized spacial score (nSPS) is 19.4. The van der Waals surface area contributed by atoms with Crippen molar-refractivity contribution >= 4 is 17.5 Å². The van der Waals surface area contributed by atoms with Gasteiger partial charge in [0.15, 0.2) is 0 Å². The van der Waals surface area contributed by atoms with E-state index >= 15 is 0 Å². The molecule has 2 amide bonds. The molecule has 1 saturated heterocycles. The number of rotatable bonds is 4. The number of benzene rings is 1. The van der Waals surface area contributed by atoms with Gasteiger partial charge in [-0.3, -0.25) is 29.9 Å². The highest BCUT2D eigenvalue weighted by atomic mass is 19.1. The van der Waals surface area contributed by atoms with Gasteiger partial charge in [0.2, 0.25) is 17.6 Å². The zero-order valence-corrected chi connectivity index (χ0v) is 11.3. The van der Waals surface area contributed by atoms with Gasteiger partial charge in [0, 0.05) is 18.2 Å². The van der Waals surface area contributed by atoms with Gasteiger partial charge in [0.05, 0.1) is 17.5 Å². The lowest BCUT2D eigenvalue weighted by molar-refractivity contribution is -0.387. The van der Waals surface area contributed by atoms with Gasteiger partial charge in [-0.25, -0.2) is 0 Å². The van der Waals surface area contributed by atoms with Gasteiger partial charge in [0.25, 0.3) is 0 Å². The molecule has 2 rings (SSSR count). The maximum Gasteiger partial charge on any atom is 0.305 e. The van der Waals surface area contributed by atoms with Crippen LogP contribution in [0.3, 0.4) is 0 Å². The summed E-state index contributed by atoms with van der Waals surface area (Å²) in [6, 6.07) is 3.31. The van der Waals surface area contributed by atoms with Crippen LogP contribution in [-0.2, 0) is 16.1 Å². The van der Waals surface area contributed by atoms with Gasteiger partial charge in [0.1, 0.15) is 0 Å². The average molecular weight is 295 g/mol. The summed E-state index contributed by atoms with van der Waals surface area (Å²) >= 11 is 0. The molecule has 1 unspecified atom stereocenters. The Morgan fingerprint density at radius 2 is 2.19 bits per heavy atom. The molecule has 0 spiro atoms. The molecule has 1 N–H and O–H groups in total. The summed E-state index contributed by atoms with van der Waals surface area (Å²) in [5.41, 5.74) is -0.529. The fraction of sp³-hybridized carbons (Fsp3) is 0.385. The minimum atomic E-state index is -0.934. The van der Waals surface area contributed by atoms with Gasteiger partial charge >= 0.3 is 5.69 Å². The van der Waals surface area contributed by atoms with E-state index in [9.17, 15) is 24.1 Å². The van der Waals surface area contributed by atoms with Crippen molar-refractivity contribution in [3.05, 3.63) is 39.7 Å². The molecule has 7 nitrogen and oxygen atoms in total. The van der Waals surface area contributed by atoms with E-state index in [0.717, 1.165) is 6.07 Å². The molecule has 0 bridgehead atoms. The van der Waals surface area contributed by atoms with Crippen LogP contribution in [0.2, 0.25) is 0 Å². The Bertz CT molecular complexity index is 605. The summed E-state index contributed by atoms with van der Waals surface area (Å²) in [5, 5.41) is 12.9.